The van der Waals surface area contributed by atoms with Gasteiger partial charge in [-0.3, -0.25) is 0 Å². The zero-order chi connectivity index (χ0) is 24.2. The maximum absolute atomic E-state index is 7.01. The summed E-state index contributed by atoms with van der Waals surface area (Å²) in [6, 6.07) is 21.9. The summed E-state index contributed by atoms with van der Waals surface area (Å²) in [6.07, 6.45) is 2.14. The molecule has 0 saturated heterocycles. The summed E-state index contributed by atoms with van der Waals surface area (Å²) in [5.41, 5.74) is 1.68. The first-order valence-corrected chi connectivity index (χ1v) is 16.3. The van der Waals surface area contributed by atoms with Crippen molar-refractivity contribution in [3.63, 3.8) is 0 Å². The van der Waals surface area contributed by atoms with E-state index in [1.54, 1.807) is 0 Å². The fourth-order valence-electron chi connectivity index (χ4n) is 5.71. The average molecular weight is 468 g/mol. The lowest BCUT2D eigenvalue weighted by Gasteiger charge is -2.44. The molecular weight excluding hydrogens is 422 g/mol. The lowest BCUT2D eigenvalue weighted by atomic mass is 10.2. The highest BCUT2D eigenvalue weighted by atomic mass is 28.4. The molecule has 1 atom stereocenters. The van der Waals surface area contributed by atoms with Gasteiger partial charge in [0.2, 0.25) is 16.6 Å². The Morgan fingerprint density at radius 2 is 1.06 bits per heavy atom. The van der Waals surface area contributed by atoms with Gasteiger partial charge >= 0.3 is 0 Å². The molecule has 0 aliphatic heterocycles. The quantitative estimate of drug-likeness (QED) is 0.282. The van der Waals surface area contributed by atoms with Crippen molar-refractivity contribution in [2.24, 2.45) is 4.66 Å². The minimum absolute atomic E-state index is 0.00415. The van der Waals surface area contributed by atoms with E-state index in [9.17, 15) is 0 Å². The summed E-state index contributed by atoms with van der Waals surface area (Å²) >= 11 is 0. The van der Waals surface area contributed by atoms with Crippen LogP contribution in [-0.4, -0.2) is 28.9 Å². The fourth-order valence-corrected chi connectivity index (χ4v) is 15.8. The third kappa shape index (κ3) is 5.18. The van der Waals surface area contributed by atoms with Crippen molar-refractivity contribution < 1.29 is 4.43 Å². The van der Waals surface area contributed by atoms with E-state index >= 15 is 0 Å². The van der Waals surface area contributed by atoms with Crippen LogP contribution >= 0.6 is 0 Å². The van der Waals surface area contributed by atoms with Crippen LogP contribution in [0.5, 0.6) is 0 Å². The lowest BCUT2D eigenvalue weighted by Crippen LogP contribution is -2.63. The van der Waals surface area contributed by atoms with Crippen LogP contribution in [0.2, 0.25) is 21.7 Å². The van der Waals surface area contributed by atoms with Crippen LogP contribution in [0.4, 0.5) is 0 Å². The molecule has 0 aromatic heterocycles. The van der Waals surface area contributed by atoms with E-state index in [0.717, 1.165) is 0 Å². The largest absolute Gasteiger partial charge is 0.409 e. The third-order valence-corrected chi connectivity index (χ3v) is 18.3. The molecular formula is C28H45NOSi2. The Kier molecular flexibility index (Phi) is 8.88. The molecule has 4 heteroatoms. The number of benzene rings is 2. The summed E-state index contributed by atoms with van der Waals surface area (Å²) in [6.45, 7) is 23.3. The maximum atomic E-state index is 7.01. The number of hydrogen-bond donors (Lipinski definition) is 0. The first kappa shape index (κ1) is 26.8. The maximum Gasteiger partial charge on any atom is 0.247 e. The zero-order valence-corrected chi connectivity index (χ0v) is 24.0. The Labute approximate surface area is 199 Å². The van der Waals surface area contributed by atoms with E-state index in [-0.39, 0.29) is 11.1 Å². The minimum Gasteiger partial charge on any atom is -0.409 e. The number of rotatable bonds is 9. The summed E-state index contributed by atoms with van der Waals surface area (Å²) in [7, 11) is -4.43. The van der Waals surface area contributed by atoms with Crippen molar-refractivity contribution in [2.45, 2.75) is 97.0 Å². The Balaban J connectivity index is 2.60. The number of nitrogens with zero attached hydrogens (tertiary/aromatic N) is 1. The average Bonchev–Trinajstić information content (AvgIpc) is 2.72. The van der Waals surface area contributed by atoms with E-state index in [1.807, 2.05) is 0 Å². The van der Waals surface area contributed by atoms with Crippen molar-refractivity contribution in [1.82, 2.24) is 0 Å². The van der Waals surface area contributed by atoms with Gasteiger partial charge in [-0.1, -0.05) is 123 Å². The van der Waals surface area contributed by atoms with Gasteiger partial charge in [0.1, 0.15) is 0 Å². The van der Waals surface area contributed by atoms with E-state index in [4.69, 9.17) is 9.08 Å². The van der Waals surface area contributed by atoms with Gasteiger partial charge in [0.15, 0.2) is 0 Å². The molecule has 0 aliphatic rings. The predicted molar refractivity (Wildman–Crippen MR) is 148 cm³/mol. The standard InChI is InChI=1S/C28H45NOSi2/c1-22(2)31(23(3)4,24(5)6)30-25(7)21-29-32(28(8,9)10,26-17-13-11-14-18-26)27-19-15-12-16-20-27/h11-25H,1-10H3/b29-21+/t25-/m0/s1. The first-order chi connectivity index (χ1) is 14.9. The molecule has 0 spiro atoms. The van der Waals surface area contributed by atoms with Crippen LogP contribution in [0, 0.1) is 0 Å². The second-order valence-electron chi connectivity index (χ2n) is 11.1. The van der Waals surface area contributed by atoms with Crippen LogP contribution < -0.4 is 10.4 Å². The highest BCUT2D eigenvalue weighted by Gasteiger charge is 2.49. The lowest BCUT2D eigenvalue weighted by molar-refractivity contribution is 0.253. The highest BCUT2D eigenvalue weighted by Crippen LogP contribution is 2.43. The molecule has 2 nitrogen and oxygen atoms in total. The van der Waals surface area contributed by atoms with Crippen LogP contribution in [-0.2, 0) is 4.43 Å². The SMILES string of the molecule is CC(C)[Si](O[C@@H](C)/C=N/[Si](c1ccccc1)(c1ccccc1)C(C)(C)C)(C(C)C)C(C)C. The minimum atomic E-state index is -2.46. The van der Waals surface area contributed by atoms with Gasteiger partial charge in [-0.15, -0.1) is 0 Å². The molecule has 0 fully saturated rings. The van der Waals surface area contributed by atoms with Crippen molar-refractivity contribution in [2.75, 3.05) is 0 Å². The van der Waals surface area contributed by atoms with Gasteiger partial charge < -0.3 is 9.08 Å². The summed E-state index contributed by atoms with van der Waals surface area (Å²) in [4.78, 5) is 0. The molecule has 176 valence electrons. The van der Waals surface area contributed by atoms with E-state index in [0.29, 0.717) is 16.6 Å². The van der Waals surface area contributed by atoms with Gasteiger partial charge in [0, 0.05) is 6.21 Å². The molecule has 0 N–H and O–H groups in total. The van der Waals surface area contributed by atoms with E-state index in [1.165, 1.54) is 10.4 Å². The molecule has 2 aromatic rings. The van der Waals surface area contributed by atoms with Crippen molar-refractivity contribution in [1.29, 1.82) is 0 Å². The predicted octanol–water partition coefficient (Wildman–Crippen LogP) is 7.20. The summed E-state index contributed by atoms with van der Waals surface area (Å²) < 4.78 is 12.6. The Hall–Kier alpha value is -1.50. The molecule has 2 aromatic carbocycles. The van der Waals surface area contributed by atoms with Crippen molar-refractivity contribution >= 4 is 33.1 Å². The molecule has 2 rings (SSSR count). The second kappa shape index (κ2) is 10.6. The first-order valence-electron chi connectivity index (χ1n) is 12.2. The van der Waals surface area contributed by atoms with E-state index in [2.05, 4.69) is 136 Å². The third-order valence-electron chi connectivity index (χ3n) is 7.04. The Morgan fingerprint density at radius 1 is 0.688 bits per heavy atom. The molecule has 0 unspecified atom stereocenters. The molecule has 0 amide bonds. The van der Waals surface area contributed by atoms with Gasteiger partial charge in [0.05, 0.1) is 6.10 Å². The molecule has 0 saturated carbocycles. The van der Waals surface area contributed by atoms with Crippen LogP contribution in [0.3, 0.4) is 0 Å². The normalized spacial score (nSPS) is 14.7. The molecule has 0 bridgehead atoms. The summed E-state index contributed by atoms with van der Waals surface area (Å²) in [5.74, 6) is 0. The number of hydrogen-bond acceptors (Lipinski definition) is 2. The highest BCUT2D eigenvalue weighted by molar-refractivity contribution is 7.03. The fraction of sp³-hybridized carbons (Fsp3) is 0.536. The summed E-state index contributed by atoms with van der Waals surface area (Å²) in [5, 5.41) is 2.71. The molecule has 0 heterocycles. The van der Waals surface area contributed by atoms with E-state index < -0.39 is 16.6 Å². The van der Waals surface area contributed by atoms with Gasteiger partial charge in [-0.05, 0) is 39.0 Å². The van der Waals surface area contributed by atoms with Crippen molar-refractivity contribution in [3.8, 4) is 0 Å². The molecule has 0 radical (unpaired) electrons. The van der Waals surface area contributed by atoms with Crippen LogP contribution in [0.15, 0.2) is 65.3 Å². The Morgan fingerprint density at radius 3 is 1.38 bits per heavy atom. The smallest absolute Gasteiger partial charge is 0.247 e. The van der Waals surface area contributed by atoms with Gasteiger partial charge in [0.25, 0.3) is 0 Å². The van der Waals surface area contributed by atoms with Crippen molar-refractivity contribution in [3.05, 3.63) is 60.7 Å². The molecule has 32 heavy (non-hydrogen) atoms. The topological polar surface area (TPSA) is 21.6 Å². The second-order valence-corrected chi connectivity index (χ2v) is 20.9. The van der Waals surface area contributed by atoms with Gasteiger partial charge in [-0.2, -0.15) is 0 Å². The van der Waals surface area contributed by atoms with Gasteiger partial charge in [-0.25, -0.2) is 0 Å². The zero-order valence-electron chi connectivity index (χ0n) is 22.0. The Bertz CT molecular complexity index is 793. The monoisotopic (exact) mass is 467 g/mol. The van der Waals surface area contributed by atoms with Crippen LogP contribution in [0.1, 0.15) is 69.2 Å². The molecule has 0 aliphatic carbocycles. The van der Waals surface area contributed by atoms with Crippen LogP contribution in [0.25, 0.3) is 0 Å².